The fourth-order valence-corrected chi connectivity index (χ4v) is 3.70. The van der Waals surface area contributed by atoms with Gasteiger partial charge in [-0.3, -0.25) is 9.69 Å². The van der Waals surface area contributed by atoms with E-state index in [0.29, 0.717) is 45.0 Å². The molecule has 2 fully saturated rings. The van der Waals surface area contributed by atoms with Crippen molar-refractivity contribution in [2.75, 3.05) is 45.9 Å². The molecular formula is C18H24N4O3. The van der Waals surface area contributed by atoms with Gasteiger partial charge in [-0.2, -0.15) is 0 Å². The molecule has 2 aliphatic rings. The third-order valence-corrected chi connectivity index (χ3v) is 5.06. The van der Waals surface area contributed by atoms with Crippen LogP contribution >= 0.6 is 0 Å². The van der Waals surface area contributed by atoms with E-state index in [1.165, 1.54) is 0 Å². The number of carbonyl (C=O) groups excluding carboxylic acids is 1. The third-order valence-electron chi connectivity index (χ3n) is 5.06. The van der Waals surface area contributed by atoms with E-state index in [4.69, 9.17) is 4.74 Å². The minimum absolute atomic E-state index is 0.112. The fraction of sp³-hybridized carbons (Fsp3) is 0.556. The number of imidazole rings is 1. The number of amides is 1. The third kappa shape index (κ3) is 3.40. The number of likely N-dealkylation sites (tertiary alicyclic amines) is 1. The maximum atomic E-state index is 12.8. The quantitative estimate of drug-likeness (QED) is 0.881. The van der Waals surface area contributed by atoms with E-state index >= 15 is 0 Å². The lowest BCUT2D eigenvalue weighted by Crippen LogP contribution is -2.49. The Labute approximate surface area is 146 Å². The second-order valence-corrected chi connectivity index (χ2v) is 7.19. The van der Waals surface area contributed by atoms with Gasteiger partial charge in [-0.1, -0.05) is 6.07 Å². The highest BCUT2D eigenvalue weighted by atomic mass is 16.5. The Bertz CT molecular complexity index is 784. The average molecular weight is 344 g/mol. The topological polar surface area (TPSA) is 70.3 Å². The lowest BCUT2D eigenvalue weighted by molar-refractivity contribution is -0.0257. The molecule has 2 saturated heterocycles. The molecular weight excluding hydrogens is 320 g/mol. The largest absolute Gasteiger partial charge is 0.387 e. The summed E-state index contributed by atoms with van der Waals surface area (Å²) in [4.78, 5) is 21.1. The number of nitrogens with zero attached hydrogens (tertiary/aromatic N) is 4. The molecule has 0 saturated carbocycles. The molecule has 25 heavy (non-hydrogen) atoms. The number of rotatable bonds is 3. The minimum atomic E-state index is -0.844. The predicted octanol–water partition coefficient (Wildman–Crippen LogP) is 0.552. The van der Waals surface area contributed by atoms with Gasteiger partial charge in [0.1, 0.15) is 11.3 Å². The van der Waals surface area contributed by atoms with Gasteiger partial charge in [-0.25, -0.2) is 4.98 Å². The molecule has 7 heteroatoms. The van der Waals surface area contributed by atoms with Crippen LogP contribution in [-0.2, 0) is 4.74 Å². The summed E-state index contributed by atoms with van der Waals surface area (Å²) in [7, 11) is 0. The van der Waals surface area contributed by atoms with Gasteiger partial charge in [0.15, 0.2) is 0 Å². The van der Waals surface area contributed by atoms with Crippen LogP contribution in [0.4, 0.5) is 0 Å². The van der Waals surface area contributed by atoms with Crippen molar-refractivity contribution in [2.24, 2.45) is 0 Å². The van der Waals surface area contributed by atoms with Crippen molar-refractivity contribution in [2.45, 2.75) is 18.9 Å². The van der Waals surface area contributed by atoms with Gasteiger partial charge in [0.2, 0.25) is 0 Å². The van der Waals surface area contributed by atoms with E-state index in [9.17, 15) is 9.90 Å². The molecule has 0 spiro atoms. The number of aromatic nitrogens is 2. The smallest absolute Gasteiger partial charge is 0.274 e. The maximum Gasteiger partial charge on any atom is 0.274 e. The molecule has 2 aromatic heterocycles. The minimum Gasteiger partial charge on any atom is -0.387 e. The summed E-state index contributed by atoms with van der Waals surface area (Å²) in [6, 6.07) is 3.89. The molecule has 4 heterocycles. The van der Waals surface area contributed by atoms with Crippen molar-refractivity contribution in [3.63, 3.8) is 0 Å². The van der Waals surface area contributed by atoms with E-state index in [-0.39, 0.29) is 5.91 Å². The summed E-state index contributed by atoms with van der Waals surface area (Å²) in [6.45, 7) is 6.60. The zero-order valence-electron chi connectivity index (χ0n) is 14.5. The number of fused-ring (bicyclic) bond motifs is 1. The second kappa shape index (κ2) is 6.40. The summed E-state index contributed by atoms with van der Waals surface area (Å²) in [5.74, 6) is -0.112. The molecule has 0 aromatic carbocycles. The summed E-state index contributed by atoms with van der Waals surface area (Å²) < 4.78 is 7.23. The van der Waals surface area contributed by atoms with Gasteiger partial charge >= 0.3 is 0 Å². The first kappa shape index (κ1) is 16.5. The Morgan fingerprint density at radius 2 is 2.08 bits per heavy atom. The van der Waals surface area contributed by atoms with Crippen molar-refractivity contribution >= 4 is 11.6 Å². The number of pyridine rings is 1. The van der Waals surface area contributed by atoms with E-state index in [1.807, 2.05) is 29.7 Å². The van der Waals surface area contributed by atoms with E-state index in [1.54, 1.807) is 11.1 Å². The molecule has 1 unspecified atom stereocenters. The highest BCUT2D eigenvalue weighted by Crippen LogP contribution is 2.24. The van der Waals surface area contributed by atoms with Gasteiger partial charge in [-0.05, 0) is 25.0 Å². The van der Waals surface area contributed by atoms with Crippen molar-refractivity contribution in [3.8, 4) is 0 Å². The molecule has 2 aliphatic heterocycles. The van der Waals surface area contributed by atoms with Crippen LogP contribution in [0.1, 0.15) is 22.5 Å². The molecule has 0 radical (unpaired) electrons. The molecule has 1 N–H and O–H groups in total. The van der Waals surface area contributed by atoms with Gasteiger partial charge in [0, 0.05) is 38.6 Å². The van der Waals surface area contributed by atoms with Crippen molar-refractivity contribution in [3.05, 3.63) is 35.8 Å². The fourth-order valence-electron chi connectivity index (χ4n) is 3.70. The predicted molar refractivity (Wildman–Crippen MR) is 92.7 cm³/mol. The molecule has 4 rings (SSSR count). The van der Waals surface area contributed by atoms with E-state index in [0.717, 1.165) is 24.3 Å². The molecule has 1 amide bonds. The summed E-state index contributed by atoms with van der Waals surface area (Å²) in [5.41, 5.74) is 1.46. The summed E-state index contributed by atoms with van der Waals surface area (Å²) in [5, 5.41) is 10.9. The molecule has 7 nitrogen and oxygen atoms in total. The number of ether oxygens (including phenoxy) is 1. The normalized spacial score (nSPS) is 25.0. The lowest BCUT2D eigenvalue weighted by Gasteiger charge is -2.33. The van der Waals surface area contributed by atoms with Gasteiger partial charge in [0.05, 0.1) is 25.4 Å². The van der Waals surface area contributed by atoms with E-state index < -0.39 is 5.60 Å². The van der Waals surface area contributed by atoms with Crippen LogP contribution in [0.3, 0.4) is 0 Å². The first-order valence-corrected chi connectivity index (χ1v) is 8.80. The number of carbonyl (C=O) groups is 1. The average Bonchev–Trinajstić information content (AvgIpc) is 3.18. The summed E-state index contributed by atoms with van der Waals surface area (Å²) in [6.07, 6.45) is 4.32. The van der Waals surface area contributed by atoms with Crippen molar-refractivity contribution < 1.29 is 14.6 Å². The molecule has 1 atom stereocenters. The lowest BCUT2D eigenvalue weighted by atomic mass is 10.0. The highest BCUT2D eigenvalue weighted by molar-refractivity contribution is 5.93. The molecule has 0 bridgehead atoms. The Morgan fingerprint density at radius 3 is 2.88 bits per heavy atom. The molecule has 2 aromatic rings. The van der Waals surface area contributed by atoms with Crippen LogP contribution in [0.15, 0.2) is 24.5 Å². The van der Waals surface area contributed by atoms with Crippen LogP contribution < -0.4 is 0 Å². The number of aliphatic hydroxyl groups is 1. The SMILES string of the molecule is Cc1ccc2nc(C(=O)N3CCC(O)(CN4CCOCC4)C3)cn2c1. The van der Waals surface area contributed by atoms with Gasteiger partial charge in [-0.15, -0.1) is 0 Å². The molecule has 134 valence electrons. The maximum absolute atomic E-state index is 12.8. The Morgan fingerprint density at radius 1 is 1.28 bits per heavy atom. The van der Waals surface area contributed by atoms with Crippen LogP contribution in [-0.4, -0.2) is 81.7 Å². The Kier molecular flexibility index (Phi) is 4.23. The van der Waals surface area contributed by atoms with Gasteiger partial charge < -0.3 is 19.1 Å². The monoisotopic (exact) mass is 344 g/mol. The van der Waals surface area contributed by atoms with Crippen LogP contribution in [0.5, 0.6) is 0 Å². The van der Waals surface area contributed by atoms with E-state index in [2.05, 4.69) is 9.88 Å². The number of morpholine rings is 1. The Hall–Kier alpha value is -1.96. The first-order valence-electron chi connectivity index (χ1n) is 8.80. The van der Waals surface area contributed by atoms with Crippen LogP contribution in [0.25, 0.3) is 5.65 Å². The zero-order valence-corrected chi connectivity index (χ0v) is 14.5. The summed E-state index contributed by atoms with van der Waals surface area (Å²) >= 11 is 0. The number of aryl methyl sites for hydroxylation is 1. The zero-order chi connectivity index (χ0) is 17.4. The van der Waals surface area contributed by atoms with Crippen LogP contribution in [0, 0.1) is 6.92 Å². The number of β-amino-alcohol motifs (C(OH)–C–C–N with tert-alkyl or cyclic N) is 1. The number of hydrogen-bond donors (Lipinski definition) is 1. The Balaban J connectivity index is 1.45. The number of hydrogen-bond acceptors (Lipinski definition) is 5. The van der Waals surface area contributed by atoms with Gasteiger partial charge in [0.25, 0.3) is 5.91 Å². The molecule has 0 aliphatic carbocycles. The second-order valence-electron chi connectivity index (χ2n) is 7.19. The van der Waals surface area contributed by atoms with Crippen molar-refractivity contribution in [1.82, 2.24) is 19.2 Å². The standard InChI is InChI=1S/C18H24N4O3/c1-14-2-3-16-19-15(11-22(16)10-14)17(23)21-5-4-18(24,13-21)12-20-6-8-25-9-7-20/h2-3,10-11,24H,4-9,12-13H2,1H3. The first-order chi connectivity index (χ1) is 12.0. The van der Waals surface area contributed by atoms with Crippen molar-refractivity contribution in [1.29, 1.82) is 0 Å². The van der Waals surface area contributed by atoms with Crippen LogP contribution in [0.2, 0.25) is 0 Å². The highest BCUT2D eigenvalue weighted by Gasteiger charge is 2.40.